The Hall–Kier alpha value is -1.49. The molecule has 0 aliphatic rings. The zero-order valence-electron chi connectivity index (χ0n) is 7.82. The molecule has 1 atom stereocenters. The molecule has 0 aromatic carbocycles. The first-order valence-electron chi connectivity index (χ1n) is 4.35. The number of H-pyrrole nitrogens is 1. The Morgan fingerprint density at radius 3 is 3.07 bits per heavy atom. The van der Waals surface area contributed by atoms with Crippen LogP contribution in [0.3, 0.4) is 0 Å². The second-order valence-electron chi connectivity index (χ2n) is 3.12. The largest absolute Gasteiger partial charge is 0.382 e. The van der Waals surface area contributed by atoms with E-state index in [-0.39, 0.29) is 6.04 Å². The van der Waals surface area contributed by atoms with Crippen LogP contribution in [0.1, 0.15) is 18.5 Å². The van der Waals surface area contributed by atoms with Gasteiger partial charge >= 0.3 is 0 Å². The maximum atomic E-state index is 5.66. The minimum absolute atomic E-state index is 0.251. The van der Waals surface area contributed by atoms with Gasteiger partial charge in [0.1, 0.15) is 5.82 Å². The molecule has 0 bridgehead atoms. The van der Waals surface area contributed by atoms with Crippen molar-refractivity contribution in [1.82, 2.24) is 10.2 Å². The Morgan fingerprint density at radius 1 is 1.64 bits per heavy atom. The minimum Gasteiger partial charge on any atom is -0.382 e. The first-order chi connectivity index (χ1) is 6.77. The van der Waals surface area contributed by atoms with E-state index < -0.39 is 0 Å². The summed E-state index contributed by atoms with van der Waals surface area (Å²) in [6, 6.07) is 2.35. The van der Waals surface area contributed by atoms with Crippen LogP contribution in [0.4, 0.5) is 11.5 Å². The molecular formula is C9H12N4S. The van der Waals surface area contributed by atoms with Gasteiger partial charge in [0.15, 0.2) is 0 Å². The molecule has 4 nitrogen and oxygen atoms in total. The van der Waals surface area contributed by atoms with Crippen molar-refractivity contribution in [3.05, 3.63) is 28.6 Å². The lowest BCUT2D eigenvalue weighted by atomic mass is 10.2. The fourth-order valence-electron chi connectivity index (χ4n) is 1.25. The maximum absolute atomic E-state index is 5.66. The van der Waals surface area contributed by atoms with Gasteiger partial charge in [-0.1, -0.05) is 0 Å². The topological polar surface area (TPSA) is 66.7 Å². The van der Waals surface area contributed by atoms with Gasteiger partial charge in [-0.15, -0.1) is 0 Å². The van der Waals surface area contributed by atoms with Crippen LogP contribution in [-0.4, -0.2) is 10.2 Å². The molecule has 0 saturated carbocycles. The van der Waals surface area contributed by atoms with Crippen LogP contribution in [0, 0.1) is 0 Å². The smallest absolute Gasteiger partial charge is 0.142 e. The average molecular weight is 208 g/mol. The Balaban J connectivity index is 2.09. The zero-order chi connectivity index (χ0) is 9.97. The van der Waals surface area contributed by atoms with Crippen LogP contribution >= 0.6 is 11.3 Å². The number of rotatable bonds is 3. The number of nitrogens with zero attached hydrogens (tertiary/aromatic N) is 1. The van der Waals surface area contributed by atoms with Gasteiger partial charge in [-0.05, 0) is 29.3 Å². The van der Waals surface area contributed by atoms with Crippen LogP contribution < -0.4 is 11.1 Å². The molecule has 1 unspecified atom stereocenters. The standard InChI is InChI=1S/C9H12N4S/c1-6(7-2-3-14-5-7)12-8-4-11-13-9(8)10/h2-6,12H,1H3,(H3,10,11,13). The average Bonchev–Trinajstić information content (AvgIpc) is 2.77. The van der Waals surface area contributed by atoms with E-state index in [1.807, 2.05) is 0 Å². The van der Waals surface area contributed by atoms with Crippen molar-refractivity contribution in [1.29, 1.82) is 0 Å². The fraction of sp³-hybridized carbons (Fsp3) is 0.222. The molecule has 0 saturated heterocycles. The molecule has 0 spiro atoms. The van der Waals surface area contributed by atoms with E-state index in [1.54, 1.807) is 17.5 Å². The van der Waals surface area contributed by atoms with Crippen molar-refractivity contribution in [2.24, 2.45) is 0 Å². The summed E-state index contributed by atoms with van der Waals surface area (Å²) < 4.78 is 0. The number of nitrogen functional groups attached to an aromatic ring is 1. The summed E-state index contributed by atoms with van der Waals surface area (Å²) in [6.45, 7) is 2.09. The molecule has 0 fully saturated rings. The van der Waals surface area contributed by atoms with Crippen molar-refractivity contribution in [2.45, 2.75) is 13.0 Å². The van der Waals surface area contributed by atoms with Crippen molar-refractivity contribution in [2.75, 3.05) is 11.1 Å². The van der Waals surface area contributed by atoms with Gasteiger partial charge in [-0.3, -0.25) is 5.10 Å². The Labute approximate surface area is 86.1 Å². The number of hydrogen-bond donors (Lipinski definition) is 3. The van der Waals surface area contributed by atoms with E-state index in [4.69, 9.17) is 5.73 Å². The van der Waals surface area contributed by atoms with Crippen molar-refractivity contribution in [3.8, 4) is 0 Å². The van der Waals surface area contributed by atoms with E-state index >= 15 is 0 Å². The Morgan fingerprint density at radius 2 is 2.50 bits per heavy atom. The normalized spacial score (nSPS) is 12.6. The molecule has 74 valence electrons. The monoisotopic (exact) mass is 208 g/mol. The summed E-state index contributed by atoms with van der Waals surface area (Å²) in [4.78, 5) is 0. The molecular weight excluding hydrogens is 196 g/mol. The first-order valence-corrected chi connectivity index (χ1v) is 5.29. The first kappa shape index (κ1) is 9.08. The molecule has 2 rings (SSSR count). The highest BCUT2D eigenvalue weighted by atomic mass is 32.1. The van der Waals surface area contributed by atoms with Crippen molar-refractivity contribution < 1.29 is 0 Å². The van der Waals surface area contributed by atoms with E-state index in [0.29, 0.717) is 5.82 Å². The van der Waals surface area contributed by atoms with Gasteiger partial charge in [-0.25, -0.2) is 0 Å². The van der Waals surface area contributed by atoms with Gasteiger partial charge in [0.2, 0.25) is 0 Å². The Bertz CT molecular complexity index is 393. The number of thiophene rings is 1. The summed E-state index contributed by atoms with van der Waals surface area (Å²) in [5.74, 6) is 0.576. The highest BCUT2D eigenvalue weighted by Crippen LogP contribution is 2.23. The van der Waals surface area contributed by atoms with Gasteiger partial charge < -0.3 is 11.1 Å². The Kier molecular flexibility index (Phi) is 2.41. The van der Waals surface area contributed by atoms with E-state index in [9.17, 15) is 0 Å². The number of anilines is 2. The molecule has 0 radical (unpaired) electrons. The highest BCUT2D eigenvalue weighted by Gasteiger charge is 2.08. The molecule has 2 heterocycles. The summed E-state index contributed by atoms with van der Waals surface area (Å²) in [5.41, 5.74) is 7.77. The second-order valence-corrected chi connectivity index (χ2v) is 3.90. The van der Waals surface area contributed by atoms with Gasteiger partial charge in [0, 0.05) is 6.04 Å². The lowest BCUT2D eigenvalue weighted by Gasteiger charge is -2.12. The van der Waals surface area contributed by atoms with Crippen molar-refractivity contribution >= 4 is 22.8 Å². The molecule has 14 heavy (non-hydrogen) atoms. The molecule has 5 heteroatoms. The highest BCUT2D eigenvalue weighted by molar-refractivity contribution is 7.07. The summed E-state index contributed by atoms with van der Waals surface area (Å²) in [5, 5.41) is 14.0. The second kappa shape index (κ2) is 3.71. The SMILES string of the molecule is CC(Nc1cn[nH]c1N)c1ccsc1. The van der Waals surface area contributed by atoms with Crippen molar-refractivity contribution in [3.63, 3.8) is 0 Å². The number of hydrogen-bond acceptors (Lipinski definition) is 4. The van der Waals surface area contributed by atoms with Gasteiger partial charge in [-0.2, -0.15) is 16.4 Å². The number of nitrogens with one attached hydrogen (secondary N) is 2. The lowest BCUT2D eigenvalue weighted by Crippen LogP contribution is -2.06. The van der Waals surface area contributed by atoms with Crippen LogP contribution in [0.2, 0.25) is 0 Å². The third-order valence-corrected chi connectivity index (χ3v) is 2.79. The summed E-state index contributed by atoms with van der Waals surface area (Å²) >= 11 is 1.69. The number of aromatic amines is 1. The van der Waals surface area contributed by atoms with Crippen LogP contribution in [0.5, 0.6) is 0 Å². The molecule has 2 aromatic rings. The number of aromatic nitrogens is 2. The summed E-state index contributed by atoms with van der Waals surface area (Å²) in [7, 11) is 0. The van der Waals surface area contributed by atoms with E-state index in [1.165, 1.54) is 5.56 Å². The zero-order valence-corrected chi connectivity index (χ0v) is 8.64. The van der Waals surface area contributed by atoms with Crippen LogP contribution in [0.25, 0.3) is 0 Å². The fourth-order valence-corrected chi connectivity index (χ4v) is 2.00. The van der Waals surface area contributed by atoms with E-state index in [2.05, 4.69) is 39.3 Å². The molecule has 2 aromatic heterocycles. The molecule has 4 N–H and O–H groups in total. The minimum atomic E-state index is 0.251. The quantitative estimate of drug-likeness (QED) is 0.724. The van der Waals surface area contributed by atoms with Crippen LogP contribution in [0.15, 0.2) is 23.0 Å². The molecule has 0 amide bonds. The molecule has 0 aliphatic carbocycles. The lowest BCUT2D eigenvalue weighted by molar-refractivity contribution is 0.891. The summed E-state index contributed by atoms with van der Waals surface area (Å²) in [6.07, 6.45) is 1.69. The van der Waals surface area contributed by atoms with E-state index in [0.717, 1.165) is 5.69 Å². The number of nitrogens with two attached hydrogens (primary N) is 1. The molecule has 0 aliphatic heterocycles. The van der Waals surface area contributed by atoms with Crippen LogP contribution in [-0.2, 0) is 0 Å². The van der Waals surface area contributed by atoms with Gasteiger partial charge in [0.25, 0.3) is 0 Å². The maximum Gasteiger partial charge on any atom is 0.142 e. The predicted octanol–water partition coefficient (Wildman–Crippen LogP) is 2.23. The third-order valence-electron chi connectivity index (χ3n) is 2.08. The van der Waals surface area contributed by atoms with Gasteiger partial charge in [0.05, 0.1) is 11.9 Å². The predicted molar refractivity (Wildman–Crippen MR) is 59.4 cm³/mol. The third kappa shape index (κ3) is 1.72.